The van der Waals surface area contributed by atoms with E-state index in [1.165, 1.54) is 0 Å². The summed E-state index contributed by atoms with van der Waals surface area (Å²) in [7, 11) is -3.44. The zero-order chi connectivity index (χ0) is 15.3. The maximum atomic E-state index is 12.6. The van der Waals surface area contributed by atoms with Gasteiger partial charge in [-0.3, -0.25) is 0 Å². The number of sulfonamides is 1. The topological polar surface area (TPSA) is 63.4 Å². The molecule has 4 nitrogen and oxygen atoms in total. The Morgan fingerprint density at radius 3 is 2.35 bits per heavy atom. The van der Waals surface area contributed by atoms with Crippen molar-refractivity contribution >= 4 is 38.6 Å². The lowest BCUT2D eigenvalue weighted by molar-refractivity contribution is 0.340. The van der Waals surface area contributed by atoms with Crippen molar-refractivity contribution in [3.05, 3.63) is 17.0 Å². The molecule has 0 aromatic carbocycles. The summed E-state index contributed by atoms with van der Waals surface area (Å²) in [4.78, 5) is 0.872. The SMILES string of the molecule is CCC(CC)CN(CC)S(=O)(=O)c1ccc(C(N)=S)s1. The zero-order valence-electron chi connectivity index (χ0n) is 12.1. The Hall–Kier alpha value is -0.500. The summed E-state index contributed by atoms with van der Waals surface area (Å²) in [5.74, 6) is 0.389. The van der Waals surface area contributed by atoms with Gasteiger partial charge in [0.2, 0.25) is 0 Å². The number of rotatable bonds is 8. The van der Waals surface area contributed by atoms with Gasteiger partial charge in [0.05, 0.1) is 4.88 Å². The van der Waals surface area contributed by atoms with Crippen molar-refractivity contribution in [1.29, 1.82) is 0 Å². The second kappa shape index (κ2) is 7.49. The summed E-state index contributed by atoms with van der Waals surface area (Å²) in [6.45, 7) is 7.07. The standard InChI is InChI=1S/C13H22N2O2S3/c1-4-10(5-2)9-15(6-3)20(16,17)12-8-7-11(19-12)13(14)18/h7-8,10H,4-6,9H2,1-3H3,(H2,14,18). The Morgan fingerprint density at radius 2 is 1.95 bits per heavy atom. The Bertz CT molecular complexity index is 548. The molecule has 0 aliphatic heterocycles. The van der Waals surface area contributed by atoms with Crippen LogP contribution in [0.15, 0.2) is 16.3 Å². The van der Waals surface area contributed by atoms with Crippen LogP contribution in [-0.2, 0) is 10.0 Å². The number of nitrogens with zero attached hydrogens (tertiary/aromatic N) is 1. The van der Waals surface area contributed by atoms with Gasteiger partial charge in [-0.25, -0.2) is 8.42 Å². The summed E-state index contributed by atoms with van der Waals surface area (Å²) < 4.78 is 27.1. The molecule has 0 aliphatic carbocycles. The van der Waals surface area contributed by atoms with Gasteiger partial charge in [-0.05, 0) is 18.1 Å². The first kappa shape index (κ1) is 17.6. The minimum absolute atomic E-state index is 0.236. The van der Waals surface area contributed by atoms with E-state index in [4.69, 9.17) is 18.0 Å². The normalized spacial score (nSPS) is 12.2. The van der Waals surface area contributed by atoms with Crippen molar-refractivity contribution in [2.45, 2.75) is 37.8 Å². The lowest BCUT2D eigenvalue weighted by Gasteiger charge is -2.24. The Kier molecular flexibility index (Phi) is 6.57. The van der Waals surface area contributed by atoms with Crippen LogP contribution in [-0.4, -0.2) is 30.8 Å². The molecule has 2 N–H and O–H groups in total. The number of thiocarbonyl (C=S) groups is 1. The number of nitrogens with two attached hydrogens (primary N) is 1. The fourth-order valence-electron chi connectivity index (χ4n) is 1.95. The molecular formula is C13H22N2O2S3. The van der Waals surface area contributed by atoms with E-state index >= 15 is 0 Å². The van der Waals surface area contributed by atoms with Crippen LogP contribution >= 0.6 is 23.6 Å². The number of thiophene rings is 1. The van der Waals surface area contributed by atoms with Gasteiger partial charge in [0.1, 0.15) is 9.20 Å². The molecule has 0 saturated heterocycles. The van der Waals surface area contributed by atoms with Crippen LogP contribution in [0.25, 0.3) is 0 Å². The van der Waals surface area contributed by atoms with E-state index in [1.54, 1.807) is 16.4 Å². The van der Waals surface area contributed by atoms with E-state index in [0.29, 0.717) is 28.1 Å². The summed E-state index contributed by atoms with van der Waals surface area (Å²) in [5.41, 5.74) is 5.54. The first-order valence-electron chi connectivity index (χ1n) is 6.76. The van der Waals surface area contributed by atoms with E-state index in [9.17, 15) is 8.42 Å². The van der Waals surface area contributed by atoms with Crippen molar-refractivity contribution in [2.24, 2.45) is 11.7 Å². The van der Waals surface area contributed by atoms with Gasteiger partial charge in [0.15, 0.2) is 0 Å². The molecule has 1 aromatic rings. The third kappa shape index (κ3) is 4.00. The molecule has 1 rings (SSSR count). The molecule has 0 aliphatic rings. The largest absolute Gasteiger partial charge is 0.389 e. The molecule has 114 valence electrons. The van der Waals surface area contributed by atoms with Crippen molar-refractivity contribution in [3.8, 4) is 0 Å². The van der Waals surface area contributed by atoms with Gasteiger partial charge in [-0.1, -0.05) is 45.8 Å². The van der Waals surface area contributed by atoms with Gasteiger partial charge >= 0.3 is 0 Å². The van der Waals surface area contributed by atoms with Crippen LogP contribution in [0.5, 0.6) is 0 Å². The quantitative estimate of drug-likeness (QED) is 0.743. The van der Waals surface area contributed by atoms with Crippen molar-refractivity contribution in [3.63, 3.8) is 0 Å². The van der Waals surface area contributed by atoms with E-state index in [1.807, 2.05) is 6.92 Å². The van der Waals surface area contributed by atoms with Crippen LogP contribution in [0.4, 0.5) is 0 Å². The Morgan fingerprint density at radius 1 is 1.35 bits per heavy atom. The van der Waals surface area contributed by atoms with E-state index in [-0.39, 0.29) is 4.99 Å². The van der Waals surface area contributed by atoms with Crippen LogP contribution in [0.2, 0.25) is 0 Å². The van der Waals surface area contributed by atoms with Crippen molar-refractivity contribution in [2.75, 3.05) is 13.1 Å². The van der Waals surface area contributed by atoms with Crippen LogP contribution in [0.1, 0.15) is 38.5 Å². The fourth-order valence-corrected chi connectivity index (χ4v) is 4.98. The molecule has 20 heavy (non-hydrogen) atoms. The highest BCUT2D eigenvalue weighted by atomic mass is 32.2. The summed E-state index contributed by atoms with van der Waals surface area (Å²) in [5, 5.41) is 0. The maximum absolute atomic E-state index is 12.6. The molecular weight excluding hydrogens is 312 g/mol. The van der Waals surface area contributed by atoms with Gasteiger partial charge in [-0.2, -0.15) is 4.31 Å². The average molecular weight is 335 g/mol. The average Bonchev–Trinajstić information content (AvgIpc) is 2.90. The third-order valence-corrected chi connectivity index (χ3v) is 7.26. The highest BCUT2D eigenvalue weighted by Crippen LogP contribution is 2.26. The lowest BCUT2D eigenvalue weighted by atomic mass is 10.0. The molecule has 0 amide bonds. The van der Waals surface area contributed by atoms with Crippen LogP contribution < -0.4 is 5.73 Å². The van der Waals surface area contributed by atoms with Crippen molar-refractivity contribution in [1.82, 2.24) is 4.31 Å². The summed E-state index contributed by atoms with van der Waals surface area (Å²) in [6, 6.07) is 3.26. The predicted molar refractivity (Wildman–Crippen MR) is 88.7 cm³/mol. The van der Waals surface area contributed by atoms with E-state index in [2.05, 4.69) is 13.8 Å². The molecule has 1 heterocycles. The molecule has 0 spiro atoms. The maximum Gasteiger partial charge on any atom is 0.252 e. The van der Waals surface area contributed by atoms with Gasteiger partial charge < -0.3 is 5.73 Å². The van der Waals surface area contributed by atoms with Gasteiger partial charge in [-0.15, -0.1) is 11.3 Å². The molecule has 0 radical (unpaired) electrons. The molecule has 0 fully saturated rings. The predicted octanol–water partition coefficient (Wildman–Crippen LogP) is 2.83. The second-order valence-corrected chi connectivity index (χ2v) is 8.31. The van der Waals surface area contributed by atoms with E-state index in [0.717, 1.165) is 24.2 Å². The lowest BCUT2D eigenvalue weighted by Crippen LogP contribution is -2.34. The Balaban J connectivity index is 3.01. The Labute approximate surface area is 131 Å². The molecule has 0 bridgehead atoms. The van der Waals surface area contributed by atoms with Crippen LogP contribution in [0, 0.1) is 5.92 Å². The first-order chi connectivity index (χ1) is 9.36. The van der Waals surface area contributed by atoms with E-state index < -0.39 is 10.0 Å². The molecule has 0 saturated carbocycles. The summed E-state index contributed by atoms with van der Waals surface area (Å²) >= 11 is 6.02. The number of hydrogen-bond donors (Lipinski definition) is 1. The fraction of sp³-hybridized carbons (Fsp3) is 0.615. The number of hydrogen-bond acceptors (Lipinski definition) is 4. The zero-order valence-corrected chi connectivity index (χ0v) is 14.6. The minimum atomic E-state index is -3.44. The minimum Gasteiger partial charge on any atom is -0.389 e. The van der Waals surface area contributed by atoms with Crippen LogP contribution in [0.3, 0.4) is 0 Å². The smallest absolute Gasteiger partial charge is 0.252 e. The second-order valence-electron chi connectivity index (χ2n) is 4.62. The highest BCUT2D eigenvalue weighted by Gasteiger charge is 2.26. The molecule has 7 heteroatoms. The van der Waals surface area contributed by atoms with Gasteiger partial charge in [0, 0.05) is 13.1 Å². The first-order valence-corrected chi connectivity index (χ1v) is 9.43. The monoisotopic (exact) mass is 334 g/mol. The summed E-state index contributed by atoms with van der Waals surface area (Å²) in [6.07, 6.45) is 1.95. The molecule has 0 unspecified atom stereocenters. The molecule has 0 atom stereocenters. The molecule has 1 aromatic heterocycles. The third-order valence-electron chi connectivity index (χ3n) is 3.39. The van der Waals surface area contributed by atoms with Gasteiger partial charge in [0.25, 0.3) is 10.0 Å². The highest BCUT2D eigenvalue weighted by molar-refractivity contribution is 7.91. The van der Waals surface area contributed by atoms with Crippen molar-refractivity contribution < 1.29 is 8.42 Å².